The van der Waals surface area contributed by atoms with Gasteiger partial charge in [0, 0.05) is 19.2 Å². The van der Waals surface area contributed by atoms with E-state index in [1.165, 1.54) is 18.2 Å². The molecule has 0 spiro atoms. The lowest BCUT2D eigenvalue weighted by Crippen LogP contribution is -2.59. The molecule has 1 unspecified atom stereocenters. The van der Waals surface area contributed by atoms with Gasteiger partial charge in [-0.1, -0.05) is 31.5 Å². The van der Waals surface area contributed by atoms with Crippen LogP contribution >= 0.6 is 0 Å². The van der Waals surface area contributed by atoms with Crippen molar-refractivity contribution in [3.05, 3.63) is 35.6 Å². The number of guanidine groups is 1. The SMILES string of the molecule is CCCCOCC1(c2ccccc2F)CS(=O)(=O)N(C)C(N(C(=O)OC(C)(C)C)C(=O)OC(C)(C)C)=N1. The third-order valence-electron chi connectivity index (χ3n) is 5.14. The normalized spacial score (nSPS) is 19.7. The molecule has 0 saturated carbocycles. The molecule has 2 rings (SSSR count). The van der Waals surface area contributed by atoms with Crippen molar-refractivity contribution < 1.29 is 36.6 Å². The van der Waals surface area contributed by atoms with Gasteiger partial charge in [-0.15, -0.1) is 4.90 Å². The first kappa shape index (κ1) is 30.5. The molecular formula is C25H38FN3O7S. The first-order valence-corrected chi connectivity index (χ1v) is 13.7. The standard InChI is InChI=1S/C25H38FN3O7S/c1-9-10-15-34-16-25(18-13-11-12-14-19(18)26)17-37(32,33)28(8)20(27-25)29(21(30)35-23(2,3)4)22(31)36-24(5,6)7/h11-14H,9-10,15-17H2,1-8H3. The summed E-state index contributed by atoms with van der Waals surface area (Å²) in [7, 11) is -3.07. The van der Waals surface area contributed by atoms with Gasteiger partial charge in [0.1, 0.15) is 28.3 Å². The van der Waals surface area contributed by atoms with Gasteiger partial charge >= 0.3 is 12.2 Å². The van der Waals surface area contributed by atoms with Gasteiger partial charge < -0.3 is 14.2 Å². The minimum Gasteiger partial charge on any atom is -0.443 e. The smallest absolute Gasteiger partial charge is 0.427 e. The number of benzene rings is 1. The Kier molecular flexibility index (Phi) is 9.35. The fraction of sp³-hybridized carbons (Fsp3) is 0.640. The van der Waals surface area contributed by atoms with Crippen LogP contribution in [0.3, 0.4) is 0 Å². The number of hydrogen-bond acceptors (Lipinski definition) is 8. The summed E-state index contributed by atoms with van der Waals surface area (Å²) >= 11 is 0. The molecule has 0 aromatic heterocycles. The molecule has 37 heavy (non-hydrogen) atoms. The fourth-order valence-corrected chi connectivity index (χ4v) is 4.95. The van der Waals surface area contributed by atoms with Crippen LogP contribution in [0.1, 0.15) is 66.9 Å². The number of rotatable bonds is 6. The molecule has 0 saturated heterocycles. The summed E-state index contributed by atoms with van der Waals surface area (Å²) in [4.78, 5) is 31.5. The monoisotopic (exact) mass is 543 g/mol. The molecule has 1 aromatic rings. The Hall–Kier alpha value is -2.73. The van der Waals surface area contributed by atoms with E-state index in [2.05, 4.69) is 4.99 Å². The van der Waals surface area contributed by atoms with E-state index in [1.54, 1.807) is 47.6 Å². The van der Waals surface area contributed by atoms with Crippen molar-refractivity contribution in [3.8, 4) is 0 Å². The van der Waals surface area contributed by atoms with Crippen LogP contribution in [-0.4, -0.2) is 73.0 Å². The summed E-state index contributed by atoms with van der Waals surface area (Å²) in [6.07, 6.45) is -0.871. The molecular weight excluding hydrogens is 505 g/mol. The highest BCUT2D eigenvalue weighted by atomic mass is 32.2. The maximum atomic E-state index is 15.1. The molecule has 208 valence electrons. The van der Waals surface area contributed by atoms with Crippen LogP contribution in [-0.2, 0) is 29.8 Å². The Labute approximate surface area is 218 Å². The Morgan fingerprint density at radius 1 is 1.08 bits per heavy atom. The lowest BCUT2D eigenvalue weighted by atomic mass is 9.92. The van der Waals surface area contributed by atoms with E-state index >= 15 is 4.39 Å². The molecule has 0 radical (unpaired) electrons. The average Bonchev–Trinajstić information content (AvgIpc) is 2.72. The van der Waals surface area contributed by atoms with Gasteiger partial charge in [0.05, 0.1) is 6.61 Å². The van der Waals surface area contributed by atoms with Gasteiger partial charge in [0.2, 0.25) is 16.0 Å². The highest BCUT2D eigenvalue weighted by Crippen LogP contribution is 2.36. The predicted octanol–water partition coefficient (Wildman–Crippen LogP) is 4.64. The van der Waals surface area contributed by atoms with Gasteiger partial charge in [0.15, 0.2) is 0 Å². The largest absolute Gasteiger partial charge is 0.443 e. The maximum Gasteiger partial charge on any atom is 0.427 e. The van der Waals surface area contributed by atoms with Crippen molar-refractivity contribution in [3.63, 3.8) is 0 Å². The lowest BCUT2D eigenvalue weighted by molar-refractivity contribution is 0.0129. The van der Waals surface area contributed by atoms with E-state index in [0.29, 0.717) is 15.6 Å². The Balaban J connectivity index is 2.79. The zero-order valence-corrected chi connectivity index (χ0v) is 23.6. The third kappa shape index (κ3) is 7.88. The van der Waals surface area contributed by atoms with Crippen LogP contribution < -0.4 is 0 Å². The van der Waals surface area contributed by atoms with E-state index < -0.39 is 56.5 Å². The summed E-state index contributed by atoms with van der Waals surface area (Å²) in [5.74, 6) is -1.94. The zero-order valence-electron chi connectivity index (χ0n) is 22.8. The molecule has 1 heterocycles. The van der Waals surface area contributed by atoms with Crippen LogP contribution in [0, 0.1) is 5.82 Å². The van der Waals surface area contributed by atoms with Crippen molar-refractivity contribution in [1.29, 1.82) is 0 Å². The summed E-state index contributed by atoms with van der Waals surface area (Å²) < 4.78 is 59.2. The third-order valence-corrected chi connectivity index (χ3v) is 6.98. The van der Waals surface area contributed by atoms with Crippen molar-refractivity contribution >= 4 is 28.2 Å². The van der Waals surface area contributed by atoms with E-state index in [0.717, 1.165) is 13.5 Å². The molecule has 10 nitrogen and oxygen atoms in total. The van der Waals surface area contributed by atoms with E-state index in [4.69, 9.17) is 14.2 Å². The number of carbonyl (C=O) groups excluding carboxylic acids is 2. The average molecular weight is 544 g/mol. The quantitative estimate of drug-likeness (QED) is 0.480. The second-order valence-corrected chi connectivity index (χ2v) is 12.8. The van der Waals surface area contributed by atoms with Gasteiger partial charge in [-0.25, -0.2) is 31.7 Å². The molecule has 0 aliphatic carbocycles. The van der Waals surface area contributed by atoms with Crippen molar-refractivity contribution in [2.24, 2.45) is 4.99 Å². The van der Waals surface area contributed by atoms with E-state index in [-0.39, 0.29) is 18.8 Å². The first-order chi connectivity index (χ1) is 16.9. The minimum absolute atomic E-state index is 0.0472. The van der Waals surface area contributed by atoms with Gasteiger partial charge in [0.25, 0.3) is 0 Å². The van der Waals surface area contributed by atoms with E-state index in [9.17, 15) is 18.0 Å². The number of imide groups is 1. The Bertz CT molecular complexity index is 1100. The molecule has 1 aromatic carbocycles. The molecule has 0 N–H and O–H groups in total. The second-order valence-electron chi connectivity index (χ2n) is 10.8. The molecule has 2 amide bonds. The minimum atomic E-state index is -4.23. The van der Waals surface area contributed by atoms with Crippen molar-refractivity contribution in [2.75, 3.05) is 26.0 Å². The lowest BCUT2D eigenvalue weighted by Gasteiger charge is -2.40. The van der Waals surface area contributed by atoms with Crippen LogP contribution in [0.5, 0.6) is 0 Å². The number of aliphatic imine (C=N–C) groups is 1. The molecule has 1 aliphatic heterocycles. The summed E-state index contributed by atoms with van der Waals surface area (Å²) in [6.45, 7) is 11.5. The molecule has 0 fully saturated rings. The molecule has 1 atom stereocenters. The number of sulfonamides is 1. The van der Waals surface area contributed by atoms with Gasteiger partial charge in [-0.05, 0) is 54.0 Å². The number of ether oxygens (including phenoxy) is 3. The van der Waals surface area contributed by atoms with E-state index in [1.807, 2.05) is 6.92 Å². The summed E-state index contributed by atoms with van der Waals surface area (Å²) in [6, 6.07) is 5.60. The number of amides is 2. The zero-order chi connectivity index (χ0) is 28.2. The van der Waals surface area contributed by atoms with Crippen LogP contribution in [0.4, 0.5) is 14.0 Å². The number of halogens is 1. The van der Waals surface area contributed by atoms with Gasteiger partial charge in [-0.2, -0.15) is 0 Å². The fourth-order valence-electron chi connectivity index (χ4n) is 3.48. The van der Waals surface area contributed by atoms with Crippen molar-refractivity contribution in [2.45, 2.75) is 78.0 Å². The van der Waals surface area contributed by atoms with Crippen molar-refractivity contribution in [1.82, 2.24) is 9.21 Å². The number of nitrogens with zero attached hydrogens (tertiary/aromatic N) is 3. The topological polar surface area (TPSA) is 115 Å². The Morgan fingerprint density at radius 3 is 2.11 bits per heavy atom. The second kappa shape index (κ2) is 11.3. The maximum absolute atomic E-state index is 15.1. The molecule has 12 heteroatoms. The van der Waals surface area contributed by atoms with Gasteiger partial charge in [-0.3, -0.25) is 0 Å². The molecule has 1 aliphatic rings. The van der Waals surface area contributed by atoms with Crippen LogP contribution in [0.25, 0.3) is 0 Å². The molecule has 0 bridgehead atoms. The number of carbonyl (C=O) groups is 2. The first-order valence-electron chi connectivity index (χ1n) is 12.1. The summed E-state index contributed by atoms with van der Waals surface area (Å²) in [5.41, 5.74) is -3.90. The summed E-state index contributed by atoms with van der Waals surface area (Å²) in [5, 5.41) is 0. The highest BCUT2D eigenvalue weighted by Gasteiger charge is 2.50. The number of unbranched alkanes of at least 4 members (excludes halogenated alkanes) is 1. The highest BCUT2D eigenvalue weighted by molar-refractivity contribution is 7.89. The predicted molar refractivity (Wildman–Crippen MR) is 137 cm³/mol. The number of hydrogen-bond donors (Lipinski definition) is 0. The van der Waals surface area contributed by atoms with Crippen LogP contribution in [0.2, 0.25) is 0 Å². The Morgan fingerprint density at radius 2 is 1.62 bits per heavy atom. The van der Waals surface area contributed by atoms with Crippen LogP contribution in [0.15, 0.2) is 29.3 Å².